The lowest BCUT2D eigenvalue weighted by molar-refractivity contribution is 0.390. The van der Waals surface area contributed by atoms with Crippen LogP contribution in [0.15, 0.2) is 22.1 Å². The molecule has 2 aromatic rings. The van der Waals surface area contributed by atoms with Gasteiger partial charge in [0.05, 0.1) is 11.9 Å². The molecule has 0 aliphatic heterocycles. The summed E-state index contributed by atoms with van der Waals surface area (Å²) in [6.07, 6.45) is 6.11. The molecule has 102 valence electrons. The van der Waals surface area contributed by atoms with Crippen LogP contribution in [0.1, 0.15) is 51.3 Å². The number of nitrogens with zero attached hydrogens (tertiary/aromatic N) is 4. The Balaban J connectivity index is 1.65. The lowest BCUT2D eigenvalue weighted by Crippen LogP contribution is -2.09. The maximum atomic E-state index is 5.77. The highest BCUT2D eigenvalue weighted by Gasteiger charge is 2.26. The molecule has 1 aliphatic rings. The summed E-state index contributed by atoms with van der Waals surface area (Å²) in [4.78, 5) is 4.33. The number of aromatic nitrogens is 4. The highest BCUT2D eigenvalue weighted by Crippen LogP contribution is 2.37. The molecule has 0 radical (unpaired) electrons. The van der Waals surface area contributed by atoms with Gasteiger partial charge in [-0.15, -0.1) is 10.2 Å². The van der Waals surface area contributed by atoms with E-state index in [2.05, 4.69) is 40.5 Å². The molecule has 2 aromatic heterocycles. The van der Waals surface area contributed by atoms with Crippen LogP contribution in [0.2, 0.25) is 0 Å². The highest BCUT2D eigenvalue weighted by molar-refractivity contribution is 7.98. The van der Waals surface area contributed by atoms with E-state index in [-0.39, 0.29) is 5.41 Å². The van der Waals surface area contributed by atoms with Gasteiger partial charge in [0, 0.05) is 11.5 Å². The smallest absolute Gasteiger partial charge is 0.204 e. The molecule has 3 rings (SSSR count). The lowest BCUT2D eigenvalue weighted by Gasteiger charge is -2.13. The molecular formula is C13H18N4OS. The van der Waals surface area contributed by atoms with Crippen molar-refractivity contribution >= 4 is 11.8 Å². The third kappa shape index (κ3) is 2.83. The van der Waals surface area contributed by atoms with E-state index in [1.54, 1.807) is 11.8 Å². The van der Waals surface area contributed by atoms with Crippen LogP contribution < -0.4 is 0 Å². The van der Waals surface area contributed by atoms with E-state index >= 15 is 0 Å². The first-order valence-corrected chi connectivity index (χ1v) is 7.50. The third-order valence-corrected chi connectivity index (χ3v) is 4.04. The van der Waals surface area contributed by atoms with Crippen molar-refractivity contribution in [2.45, 2.75) is 56.0 Å². The molecule has 1 fully saturated rings. The van der Waals surface area contributed by atoms with Crippen LogP contribution in [-0.4, -0.2) is 19.7 Å². The van der Waals surface area contributed by atoms with Gasteiger partial charge in [0.2, 0.25) is 5.89 Å². The van der Waals surface area contributed by atoms with Gasteiger partial charge in [0.25, 0.3) is 0 Å². The predicted octanol–water partition coefficient (Wildman–Crippen LogP) is 3.19. The van der Waals surface area contributed by atoms with E-state index in [0.717, 1.165) is 16.8 Å². The van der Waals surface area contributed by atoms with Crippen molar-refractivity contribution in [2.24, 2.45) is 0 Å². The third-order valence-electron chi connectivity index (χ3n) is 3.10. The number of hydrogen-bond acceptors (Lipinski definition) is 5. The highest BCUT2D eigenvalue weighted by atomic mass is 32.2. The van der Waals surface area contributed by atoms with E-state index in [9.17, 15) is 0 Å². The summed E-state index contributed by atoms with van der Waals surface area (Å²) >= 11 is 1.63. The number of rotatable bonds is 4. The van der Waals surface area contributed by atoms with Crippen molar-refractivity contribution in [1.29, 1.82) is 0 Å². The van der Waals surface area contributed by atoms with Crippen molar-refractivity contribution in [3.63, 3.8) is 0 Å². The van der Waals surface area contributed by atoms with Crippen LogP contribution in [0.5, 0.6) is 0 Å². The lowest BCUT2D eigenvalue weighted by atomic mass is 9.94. The number of hydrogen-bond donors (Lipinski definition) is 0. The molecule has 1 saturated carbocycles. The molecule has 2 heterocycles. The van der Waals surface area contributed by atoms with E-state index in [1.807, 2.05) is 12.5 Å². The number of oxazole rings is 1. The second-order valence-electron chi connectivity index (χ2n) is 5.91. The fourth-order valence-electron chi connectivity index (χ4n) is 1.79. The average molecular weight is 278 g/mol. The summed E-state index contributed by atoms with van der Waals surface area (Å²) in [5.74, 6) is 2.37. The maximum Gasteiger partial charge on any atom is 0.204 e. The summed E-state index contributed by atoms with van der Waals surface area (Å²) in [5.41, 5.74) is 0.00392. The van der Waals surface area contributed by atoms with Crippen molar-refractivity contribution in [3.05, 3.63) is 24.2 Å². The molecule has 0 bridgehead atoms. The van der Waals surface area contributed by atoms with Gasteiger partial charge < -0.3 is 8.98 Å². The minimum atomic E-state index is 0.00392. The summed E-state index contributed by atoms with van der Waals surface area (Å²) < 4.78 is 7.92. The Hall–Kier alpha value is -1.30. The Labute approximate surface area is 116 Å². The van der Waals surface area contributed by atoms with Gasteiger partial charge in [-0.3, -0.25) is 0 Å². The molecule has 0 N–H and O–H groups in total. The molecule has 0 spiro atoms. The molecule has 5 nitrogen and oxygen atoms in total. The number of thioether (sulfide) groups is 1. The van der Waals surface area contributed by atoms with Gasteiger partial charge in [0.1, 0.15) is 12.1 Å². The van der Waals surface area contributed by atoms with Crippen LogP contribution in [0.4, 0.5) is 0 Å². The SMILES string of the molecule is CC(C)(C)c1cnc(CSc2nncn2C2CC2)o1. The Morgan fingerprint density at radius 1 is 1.42 bits per heavy atom. The molecule has 0 unspecified atom stereocenters. The second-order valence-corrected chi connectivity index (χ2v) is 6.85. The maximum absolute atomic E-state index is 5.77. The fraction of sp³-hybridized carbons (Fsp3) is 0.615. The van der Waals surface area contributed by atoms with Crippen LogP contribution >= 0.6 is 11.8 Å². The Kier molecular flexibility index (Phi) is 3.12. The van der Waals surface area contributed by atoms with Crippen molar-refractivity contribution in [3.8, 4) is 0 Å². The van der Waals surface area contributed by atoms with E-state index in [4.69, 9.17) is 4.42 Å². The molecule has 1 aliphatic carbocycles. The van der Waals surface area contributed by atoms with Crippen molar-refractivity contribution in [1.82, 2.24) is 19.7 Å². The molecule has 6 heteroatoms. The normalized spacial score (nSPS) is 15.9. The first-order chi connectivity index (χ1) is 9.04. The zero-order valence-electron chi connectivity index (χ0n) is 11.5. The Morgan fingerprint density at radius 3 is 2.84 bits per heavy atom. The average Bonchev–Trinajstić information content (AvgIpc) is 2.91. The van der Waals surface area contributed by atoms with Crippen molar-refractivity contribution in [2.75, 3.05) is 0 Å². The van der Waals surface area contributed by atoms with Gasteiger partial charge in [-0.1, -0.05) is 32.5 Å². The Morgan fingerprint density at radius 2 is 2.21 bits per heavy atom. The zero-order valence-corrected chi connectivity index (χ0v) is 12.3. The molecule has 19 heavy (non-hydrogen) atoms. The summed E-state index contributed by atoms with van der Waals surface area (Å²) in [7, 11) is 0. The Bertz CT molecular complexity index is 565. The van der Waals surface area contributed by atoms with E-state index in [0.29, 0.717) is 11.8 Å². The molecule has 0 atom stereocenters. The van der Waals surface area contributed by atoms with E-state index < -0.39 is 0 Å². The van der Waals surface area contributed by atoms with Crippen LogP contribution in [0, 0.1) is 0 Å². The van der Waals surface area contributed by atoms with Gasteiger partial charge in [-0.25, -0.2) is 4.98 Å². The van der Waals surface area contributed by atoms with E-state index in [1.165, 1.54) is 12.8 Å². The standard InChI is InChI=1S/C13H18N4OS/c1-13(2,3)10-6-14-11(18-10)7-19-12-16-15-8-17(12)9-4-5-9/h6,8-9H,4-5,7H2,1-3H3. The summed E-state index contributed by atoms with van der Waals surface area (Å²) in [6, 6.07) is 0.604. The minimum Gasteiger partial charge on any atom is -0.444 e. The van der Waals surface area contributed by atoms with Gasteiger partial charge >= 0.3 is 0 Å². The summed E-state index contributed by atoms with van der Waals surface area (Å²) in [6.45, 7) is 6.36. The zero-order chi connectivity index (χ0) is 13.5. The quantitative estimate of drug-likeness (QED) is 0.804. The topological polar surface area (TPSA) is 56.7 Å². The molecule has 0 saturated heterocycles. The summed E-state index contributed by atoms with van der Waals surface area (Å²) in [5, 5.41) is 9.09. The van der Waals surface area contributed by atoms with Gasteiger partial charge in [-0.2, -0.15) is 0 Å². The molecule has 0 amide bonds. The predicted molar refractivity (Wildman–Crippen MR) is 73.1 cm³/mol. The molecule has 0 aromatic carbocycles. The van der Waals surface area contributed by atoms with Crippen LogP contribution in [0.25, 0.3) is 0 Å². The monoisotopic (exact) mass is 278 g/mol. The van der Waals surface area contributed by atoms with Gasteiger partial charge in [0.15, 0.2) is 5.16 Å². The minimum absolute atomic E-state index is 0.00392. The van der Waals surface area contributed by atoms with Crippen LogP contribution in [0.3, 0.4) is 0 Å². The first kappa shape index (κ1) is 12.7. The largest absolute Gasteiger partial charge is 0.444 e. The fourth-order valence-corrected chi connectivity index (χ4v) is 2.62. The molecular weight excluding hydrogens is 260 g/mol. The first-order valence-electron chi connectivity index (χ1n) is 6.51. The van der Waals surface area contributed by atoms with Gasteiger partial charge in [-0.05, 0) is 12.8 Å². The second kappa shape index (κ2) is 4.67. The van der Waals surface area contributed by atoms with Crippen LogP contribution in [-0.2, 0) is 11.2 Å². The van der Waals surface area contributed by atoms with Crippen molar-refractivity contribution < 1.29 is 4.42 Å².